The Hall–Kier alpha value is -1.20. The van der Waals surface area contributed by atoms with Gasteiger partial charge in [0, 0.05) is 13.1 Å². The number of amides is 1. The average Bonchev–Trinajstić information content (AvgIpc) is 2.21. The summed E-state index contributed by atoms with van der Waals surface area (Å²) in [4.78, 5) is 22.9. The highest BCUT2D eigenvalue weighted by Gasteiger charge is 2.24. The van der Waals surface area contributed by atoms with Gasteiger partial charge in [0.2, 0.25) is 0 Å². The number of esters is 1. The molecule has 0 aromatic carbocycles. The maximum Gasteiger partial charge on any atom is 0.315 e. The van der Waals surface area contributed by atoms with Gasteiger partial charge in [-0.05, 0) is 5.92 Å². The smallest absolute Gasteiger partial charge is 0.315 e. The molecule has 0 aliphatic rings. The zero-order valence-corrected chi connectivity index (χ0v) is 9.70. The van der Waals surface area contributed by atoms with E-state index in [1.807, 2.05) is 13.8 Å². The fourth-order valence-corrected chi connectivity index (χ4v) is 1.20. The summed E-state index contributed by atoms with van der Waals surface area (Å²) >= 11 is 0. The zero-order valence-electron chi connectivity index (χ0n) is 9.70. The molecule has 0 unspecified atom stereocenters. The fourth-order valence-electron chi connectivity index (χ4n) is 1.20. The summed E-state index contributed by atoms with van der Waals surface area (Å²) in [6.45, 7) is 3.79. The van der Waals surface area contributed by atoms with Gasteiger partial charge < -0.3 is 9.64 Å². The third-order valence-electron chi connectivity index (χ3n) is 1.90. The number of halogens is 2. The lowest BCUT2D eigenvalue weighted by Crippen LogP contribution is -2.39. The molecule has 0 N–H and O–H groups in total. The van der Waals surface area contributed by atoms with E-state index in [-0.39, 0.29) is 25.4 Å². The van der Waals surface area contributed by atoms with Crippen LogP contribution in [0, 0.1) is 5.92 Å². The molecule has 0 aromatic rings. The van der Waals surface area contributed by atoms with Crippen LogP contribution in [0.2, 0.25) is 0 Å². The van der Waals surface area contributed by atoms with Crippen LogP contribution in [0.25, 0.3) is 0 Å². The van der Waals surface area contributed by atoms with Crippen molar-refractivity contribution in [3.63, 3.8) is 0 Å². The maximum atomic E-state index is 12.2. The van der Waals surface area contributed by atoms with Gasteiger partial charge in [-0.1, -0.05) is 13.8 Å². The van der Waals surface area contributed by atoms with Crippen molar-refractivity contribution in [3.05, 3.63) is 0 Å². The first-order chi connectivity index (χ1) is 7.38. The van der Waals surface area contributed by atoms with E-state index in [4.69, 9.17) is 0 Å². The van der Waals surface area contributed by atoms with Gasteiger partial charge >= 0.3 is 12.4 Å². The molecule has 94 valence electrons. The zero-order chi connectivity index (χ0) is 12.7. The van der Waals surface area contributed by atoms with Gasteiger partial charge in [0.1, 0.15) is 0 Å². The van der Waals surface area contributed by atoms with E-state index in [2.05, 4.69) is 4.74 Å². The van der Waals surface area contributed by atoms with Gasteiger partial charge in [0.15, 0.2) is 0 Å². The minimum atomic E-state index is -3.03. The first-order valence-corrected chi connectivity index (χ1v) is 5.02. The molecule has 0 fully saturated rings. The molecule has 0 spiro atoms. The number of carbonyl (C=O) groups excluding carboxylic acids is 2. The standard InChI is InChI=1S/C10H17F2NO3/c1-7(2)6-13(10(15)9(11)12)5-4-8(14)16-3/h7,9H,4-6H2,1-3H3. The lowest BCUT2D eigenvalue weighted by molar-refractivity contribution is -0.146. The second-order valence-corrected chi connectivity index (χ2v) is 3.80. The molecule has 0 saturated heterocycles. The van der Waals surface area contributed by atoms with E-state index in [0.29, 0.717) is 0 Å². The number of carbonyl (C=O) groups is 2. The Kier molecular flexibility index (Phi) is 6.60. The van der Waals surface area contributed by atoms with Gasteiger partial charge in [-0.15, -0.1) is 0 Å². The van der Waals surface area contributed by atoms with Crippen molar-refractivity contribution in [2.75, 3.05) is 20.2 Å². The van der Waals surface area contributed by atoms with Crippen molar-refractivity contribution in [1.82, 2.24) is 4.90 Å². The molecular weight excluding hydrogens is 220 g/mol. The van der Waals surface area contributed by atoms with Crippen LogP contribution in [-0.2, 0) is 14.3 Å². The van der Waals surface area contributed by atoms with Crippen LogP contribution in [0.3, 0.4) is 0 Å². The molecular formula is C10H17F2NO3. The molecule has 0 saturated carbocycles. The van der Waals surface area contributed by atoms with E-state index < -0.39 is 18.3 Å². The number of hydrogen-bond acceptors (Lipinski definition) is 3. The molecule has 0 aliphatic carbocycles. The summed E-state index contributed by atoms with van der Waals surface area (Å²) in [5.41, 5.74) is 0. The molecule has 0 radical (unpaired) electrons. The van der Waals surface area contributed by atoms with Crippen LogP contribution in [0.1, 0.15) is 20.3 Å². The van der Waals surface area contributed by atoms with Crippen molar-refractivity contribution < 1.29 is 23.1 Å². The van der Waals surface area contributed by atoms with Gasteiger partial charge in [-0.3, -0.25) is 9.59 Å². The number of hydrogen-bond donors (Lipinski definition) is 0. The highest BCUT2D eigenvalue weighted by atomic mass is 19.3. The average molecular weight is 237 g/mol. The number of ether oxygens (including phenoxy) is 1. The number of nitrogens with zero attached hydrogens (tertiary/aromatic N) is 1. The summed E-state index contributed by atoms with van der Waals surface area (Å²) in [6, 6.07) is 0. The van der Waals surface area contributed by atoms with Gasteiger partial charge in [0.05, 0.1) is 13.5 Å². The van der Waals surface area contributed by atoms with Gasteiger partial charge in [0.25, 0.3) is 5.91 Å². The minimum absolute atomic E-state index is 0.0337. The predicted octanol–water partition coefficient (Wildman–Crippen LogP) is 1.30. The normalized spacial score (nSPS) is 10.7. The summed E-state index contributed by atoms with van der Waals surface area (Å²) in [5.74, 6) is -1.69. The van der Waals surface area contributed by atoms with E-state index in [1.165, 1.54) is 7.11 Å². The summed E-state index contributed by atoms with van der Waals surface area (Å²) in [7, 11) is 1.21. The van der Waals surface area contributed by atoms with E-state index in [0.717, 1.165) is 4.90 Å². The second kappa shape index (κ2) is 7.14. The van der Waals surface area contributed by atoms with Crippen molar-refractivity contribution in [1.29, 1.82) is 0 Å². The first-order valence-electron chi connectivity index (χ1n) is 5.02. The predicted molar refractivity (Wildman–Crippen MR) is 54.1 cm³/mol. The molecule has 0 aromatic heterocycles. The Morgan fingerprint density at radius 2 is 1.88 bits per heavy atom. The lowest BCUT2D eigenvalue weighted by atomic mass is 10.2. The van der Waals surface area contributed by atoms with E-state index in [1.54, 1.807) is 0 Å². The summed E-state index contributed by atoms with van der Waals surface area (Å²) in [5, 5.41) is 0. The molecule has 0 heterocycles. The number of alkyl halides is 2. The molecule has 0 rings (SSSR count). The van der Waals surface area contributed by atoms with Gasteiger partial charge in [-0.25, -0.2) is 0 Å². The van der Waals surface area contributed by atoms with Crippen molar-refractivity contribution in [2.24, 2.45) is 5.92 Å². The van der Waals surface area contributed by atoms with Crippen LogP contribution in [-0.4, -0.2) is 43.4 Å². The largest absolute Gasteiger partial charge is 0.469 e. The highest BCUT2D eigenvalue weighted by Crippen LogP contribution is 2.06. The van der Waals surface area contributed by atoms with Crippen LogP contribution >= 0.6 is 0 Å². The molecule has 4 nitrogen and oxygen atoms in total. The molecule has 6 heteroatoms. The third-order valence-corrected chi connectivity index (χ3v) is 1.90. The van der Waals surface area contributed by atoms with Crippen LogP contribution in [0.5, 0.6) is 0 Å². The number of methoxy groups -OCH3 is 1. The Bertz CT molecular complexity index is 244. The first kappa shape index (κ1) is 14.8. The van der Waals surface area contributed by atoms with Gasteiger partial charge in [-0.2, -0.15) is 8.78 Å². The van der Waals surface area contributed by atoms with E-state index >= 15 is 0 Å². The SMILES string of the molecule is COC(=O)CCN(CC(C)C)C(=O)C(F)F. The third kappa shape index (κ3) is 5.63. The van der Waals surface area contributed by atoms with Crippen LogP contribution in [0.15, 0.2) is 0 Å². The van der Waals surface area contributed by atoms with Crippen LogP contribution in [0.4, 0.5) is 8.78 Å². The van der Waals surface area contributed by atoms with Crippen molar-refractivity contribution in [2.45, 2.75) is 26.7 Å². The van der Waals surface area contributed by atoms with Crippen LogP contribution < -0.4 is 0 Å². The molecule has 0 atom stereocenters. The quantitative estimate of drug-likeness (QED) is 0.654. The Morgan fingerprint density at radius 1 is 1.31 bits per heavy atom. The summed E-state index contributed by atoms with van der Waals surface area (Å²) < 4.78 is 28.8. The Balaban J connectivity index is 4.32. The second-order valence-electron chi connectivity index (χ2n) is 3.80. The monoisotopic (exact) mass is 237 g/mol. The molecule has 0 bridgehead atoms. The Labute approximate surface area is 93.6 Å². The molecule has 1 amide bonds. The minimum Gasteiger partial charge on any atom is -0.469 e. The Morgan fingerprint density at radius 3 is 2.25 bits per heavy atom. The van der Waals surface area contributed by atoms with Crippen molar-refractivity contribution in [3.8, 4) is 0 Å². The topological polar surface area (TPSA) is 46.6 Å². The highest BCUT2D eigenvalue weighted by molar-refractivity contribution is 5.80. The van der Waals surface area contributed by atoms with E-state index in [9.17, 15) is 18.4 Å². The number of rotatable bonds is 6. The summed E-state index contributed by atoms with van der Waals surface area (Å²) in [6.07, 6.45) is -3.10. The van der Waals surface area contributed by atoms with Crippen molar-refractivity contribution >= 4 is 11.9 Å². The maximum absolute atomic E-state index is 12.2. The lowest BCUT2D eigenvalue weighted by Gasteiger charge is -2.23. The fraction of sp³-hybridized carbons (Fsp3) is 0.800. The molecule has 16 heavy (non-hydrogen) atoms. The molecule has 0 aliphatic heterocycles.